The zero-order valence-electron chi connectivity index (χ0n) is 22.2. The molecule has 0 bridgehead atoms. The van der Waals surface area contributed by atoms with Gasteiger partial charge in [0.25, 0.3) is 0 Å². The molecule has 3 aromatic carbocycles. The van der Waals surface area contributed by atoms with Crippen molar-refractivity contribution in [2.45, 2.75) is 25.4 Å². The van der Waals surface area contributed by atoms with Crippen LogP contribution in [0.5, 0.6) is 28.7 Å². The van der Waals surface area contributed by atoms with Crippen LogP contribution in [0, 0.1) is 0 Å². The van der Waals surface area contributed by atoms with Crippen LogP contribution in [0.4, 0.5) is 5.69 Å². The maximum absolute atomic E-state index is 13.4. The summed E-state index contributed by atoms with van der Waals surface area (Å²) in [5.41, 5.74) is 5.13. The summed E-state index contributed by atoms with van der Waals surface area (Å²) < 4.78 is 27.9. The number of hydrogen-bond donors (Lipinski definition) is 2. The van der Waals surface area contributed by atoms with E-state index < -0.39 is 0 Å². The summed E-state index contributed by atoms with van der Waals surface area (Å²) >= 11 is 0. The summed E-state index contributed by atoms with van der Waals surface area (Å²) in [7, 11) is 9.97. The fourth-order valence-electron chi connectivity index (χ4n) is 4.92. The van der Waals surface area contributed by atoms with E-state index in [9.17, 15) is 4.79 Å². The van der Waals surface area contributed by atoms with Crippen molar-refractivity contribution in [3.05, 3.63) is 69.4 Å². The Hall–Kier alpha value is -3.91. The van der Waals surface area contributed by atoms with Crippen LogP contribution in [0.2, 0.25) is 0 Å². The fraction of sp³-hybridized carbons (Fsp3) is 0.345. The number of aryl methyl sites for hydroxylation is 1. The minimum atomic E-state index is -0.0979. The second-order valence-corrected chi connectivity index (χ2v) is 8.76. The van der Waals surface area contributed by atoms with Crippen molar-refractivity contribution in [1.82, 2.24) is 5.32 Å². The smallest absolute Gasteiger partial charge is 0.203 e. The monoisotopic (exact) mass is 506 g/mol. The molecule has 1 aliphatic rings. The number of rotatable bonds is 9. The fourth-order valence-corrected chi connectivity index (χ4v) is 4.92. The first-order chi connectivity index (χ1) is 18.0. The Morgan fingerprint density at radius 3 is 2.14 bits per heavy atom. The number of benzene rings is 2. The molecule has 196 valence electrons. The SMILES string of the molecule is CNC1CCc2cc(OC)c(OC)c(OC)c2-c2ccc(NCc3cc(OC)cc(OC)c3)c(=O)cc21. The zero-order chi connectivity index (χ0) is 26.5. The highest BCUT2D eigenvalue weighted by Gasteiger charge is 2.28. The van der Waals surface area contributed by atoms with E-state index in [0.717, 1.165) is 40.7 Å². The minimum absolute atomic E-state index is 0.0142. The van der Waals surface area contributed by atoms with E-state index in [1.54, 1.807) is 41.6 Å². The standard InChI is InChI=1S/C29H34N2O6/c1-30-23-9-7-18-13-26(35-4)28(36-5)29(37-6)27(18)21-8-10-24(25(32)15-22(21)23)31-16-17-11-19(33-2)14-20(12-17)34-3/h8,10-15,23,30H,7,9,16H2,1-6H3,(H,31,32). The van der Waals surface area contributed by atoms with E-state index in [1.165, 1.54) is 0 Å². The molecule has 0 amide bonds. The van der Waals surface area contributed by atoms with Crippen molar-refractivity contribution in [3.8, 4) is 39.9 Å². The quantitative estimate of drug-likeness (QED) is 0.436. The molecule has 1 unspecified atom stereocenters. The predicted molar refractivity (Wildman–Crippen MR) is 145 cm³/mol. The molecule has 2 N–H and O–H groups in total. The lowest BCUT2D eigenvalue weighted by Crippen LogP contribution is -2.18. The van der Waals surface area contributed by atoms with Gasteiger partial charge in [0.15, 0.2) is 11.5 Å². The van der Waals surface area contributed by atoms with Gasteiger partial charge in [-0.25, -0.2) is 0 Å². The highest BCUT2D eigenvalue weighted by molar-refractivity contribution is 5.83. The molecule has 3 aromatic rings. The van der Waals surface area contributed by atoms with Crippen LogP contribution in [0.25, 0.3) is 11.1 Å². The topological polar surface area (TPSA) is 87.3 Å². The lowest BCUT2D eigenvalue weighted by Gasteiger charge is -2.19. The average molecular weight is 507 g/mol. The third kappa shape index (κ3) is 5.15. The first-order valence-corrected chi connectivity index (χ1v) is 12.1. The summed E-state index contributed by atoms with van der Waals surface area (Å²) in [4.78, 5) is 13.4. The normalized spacial score (nSPS) is 14.1. The summed E-state index contributed by atoms with van der Waals surface area (Å²) in [5.74, 6) is 3.11. The van der Waals surface area contributed by atoms with Crippen molar-refractivity contribution >= 4 is 5.69 Å². The number of methoxy groups -OCH3 is 5. The Kier molecular flexibility index (Phi) is 8.08. The van der Waals surface area contributed by atoms with Crippen molar-refractivity contribution < 1.29 is 23.7 Å². The van der Waals surface area contributed by atoms with Crippen molar-refractivity contribution in [1.29, 1.82) is 0 Å². The predicted octanol–water partition coefficient (Wildman–Crippen LogP) is 4.58. The summed E-state index contributed by atoms with van der Waals surface area (Å²) in [6, 6.07) is 13.2. The Morgan fingerprint density at radius 2 is 1.54 bits per heavy atom. The molecule has 1 atom stereocenters. The van der Waals surface area contributed by atoms with Crippen molar-refractivity contribution in [2.75, 3.05) is 47.9 Å². The molecule has 8 heteroatoms. The van der Waals surface area contributed by atoms with Gasteiger partial charge in [-0.05, 0) is 72.5 Å². The molecular weight excluding hydrogens is 472 g/mol. The van der Waals surface area contributed by atoms with Gasteiger partial charge in [0, 0.05) is 24.2 Å². The third-order valence-electron chi connectivity index (χ3n) is 6.78. The van der Waals surface area contributed by atoms with Crippen LogP contribution in [-0.2, 0) is 13.0 Å². The van der Waals surface area contributed by atoms with Gasteiger partial charge < -0.3 is 34.3 Å². The number of hydrogen-bond acceptors (Lipinski definition) is 8. The van der Waals surface area contributed by atoms with Gasteiger partial charge in [0.1, 0.15) is 11.5 Å². The molecule has 0 fully saturated rings. The first-order valence-electron chi connectivity index (χ1n) is 12.1. The van der Waals surface area contributed by atoms with Crippen LogP contribution in [-0.4, -0.2) is 42.6 Å². The zero-order valence-corrected chi connectivity index (χ0v) is 22.2. The number of ether oxygens (including phenoxy) is 5. The van der Waals surface area contributed by atoms with Crippen molar-refractivity contribution in [2.24, 2.45) is 0 Å². The number of nitrogens with one attached hydrogen (secondary N) is 2. The molecular formula is C29H34N2O6. The van der Waals surface area contributed by atoms with Crippen LogP contribution in [0.1, 0.15) is 29.2 Å². The maximum atomic E-state index is 13.4. The molecule has 0 radical (unpaired) electrons. The van der Waals surface area contributed by atoms with Crippen LogP contribution >= 0.6 is 0 Å². The Balaban J connectivity index is 1.83. The summed E-state index contributed by atoms with van der Waals surface area (Å²) in [6.45, 7) is 0.428. The van der Waals surface area contributed by atoms with Crippen LogP contribution in [0.3, 0.4) is 0 Å². The largest absolute Gasteiger partial charge is 0.497 e. The first kappa shape index (κ1) is 26.2. The molecule has 8 nitrogen and oxygen atoms in total. The third-order valence-corrected chi connectivity index (χ3v) is 6.78. The van der Waals surface area contributed by atoms with Crippen LogP contribution < -0.4 is 39.7 Å². The molecule has 0 heterocycles. The lowest BCUT2D eigenvalue weighted by atomic mass is 9.95. The molecule has 1 aliphatic carbocycles. The lowest BCUT2D eigenvalue weighted by molar-refractivity contribution is 0.324. The minimum Gasteiger partial charge on any atom is -0.497 e. The highest BCUT2D eigenvalue weighted by Crippen LogP contribution is 2.50. The second kappa shape index (κ2) is 11.4. The maximum Gasteiger partial charge on any atom is 0.203 e. The highest BCUT2D eigenvalue weighted by atomic mass is 16.5. The molecule has 0 spiro atoms. The van der Waals surface area contributed by atoms with Crippen molar-refractivity contribution in [3.63, 3.8) is 0 Å². The Labute approximate surface area is 217 Å². The summed E-state index contributed by atoms with van der Waals surface area (Å²) in [6.07, 6.45) is 1.60. The Morgan fingerprint density at radius 1 is 0.838 bits per heavy atom. The van der Waals surface area contributed by atoms with Gasteiger partial charge in [-0.2, -0.15) is 0 Å². The molecule has 37 heavy (non-hydrogen) atoms. The van der Waals surface area contributed by atoms with Gasteiger partial charge in [-0.1, -0.05) is 6.07 Å². The van der Waals surface area contributed by atoms with Gasteiger partial charge in [-0.3, -0.25) is 4.79 Å². The van der Waals surface area contributed by atoms with E-state index in [0.29, 0.717) is 41.0 Å². The molecule has 0 saturated carbocycles. The van der Waals surface area contributed by atoms with Gasteiger partial charge in [0.05, 0.1) is 41.2 Å². The van der Waals surface area contributed by atoms with E-state index in [1.807, 2.05) is 43.4 Å². The number of anilines is 1. The molecule has 0 saturated heterocycles. The number of fused-ring (bicyclic) bond motifs is 3. The van der Waals surface area contributed by atoms with E-state index in [4.69, 9.17) is 23.7 Å². The van der Waals surface area contributed by atoms with Crippen LogP contribution in [0.15, 0.2) is 47.3 Å². The average Bonchev–Trinajstić information content (AvgIpc) is 3.18. The van der Waals surface area contributed by atoms with E-state index in [-0.39, 0.29) is 11.5 Å². The summed E-state index contributed by atoms with van der Waals surface area (Å²) in [5, 5.41) is 6.68. The van der Waals surface area contributed by atoms with E-state index in [2.05, 4.69) is 10.6 Å². The Bertz CT molecular complexity index is 1320. The van der Waals surface area contributed by atoms with Gasteiger partial charge in [0.2, 0.25) is 11.2 Å². The molecule has 0 aliphatic heterocycles. The second-order valence-electron chi connectivity index (χ2n) is 8.76. The van der Waals surface area contributed by atoms with Gasteiger partial charge in [-0.15, -0.1) is 0 Å². The molecule has 4 rings (SSSR count). The van der Waals surface area contributed by atoms with Gasteiger partial charge >= 0.3 is 0 Å². The molecule has 0 aromatic heterocycles. The van der Waals surface area contributed by atoms with E-state index >= 15 is 0 Å².